The van der Waals surface area contributed by atoms with Gasteiger partial charge in [-0.05, 0) is 18.2 Å². The van der Waals surface area contributed by atoms with Crippen molar-refractivity contribution in [2.24, 2.45) is 0 Å². The summed E-state index contributed by atoms with van der Waals surface area (Å²) in [4.78, 5) is 14.0. The van der Waals surface area contributed by atoms with E-state index in [0.717, 1.165) is 10.9 Å². The van der Waals surface area contributed by atoms with E-state index in [9.17, 15) is 4.79 Å². The highest BCUT2D eigenvalue weighted by Crippen LogP contribution is 2.17. The van der Waals surface area contributed by atoms with E-state index >= 15 is 0 Å². The minimum absolute atomic E-state index is 0.313. The molecule has 4 heteroatoms. The second kappa shape index (κ2) is 3.06. The molecule has 0 aliphatic carbocycles. The van der Waals surface area contributed by atoms with E-state index in [4.69, 9.17) is 5.73 Å². The zero-order valence-corrected chi connectivity index (χ0v) is 7.63. The minimum Gasteiger partial charge on any atom is -0.464 e. The van der Waals surface area contributed by atoms with E-state index in [0.29, 0.717) is 11.4 Å². The molecule has 2 rings (SSSR count). The maximum absolute atomic E-state index is 11.2. The Kier molecular flexibility index (Phi) is 1.89. The fraction of sp³-hybridized carbons (Fsp3) is 0.100. The third-order valence-electron chi connectivity index (χ3n) is 1.95. The Balaban J connectivity index is 2.56. The summed E-state index contributed by atoms with van der Waals surface area (Å²) < 4.78 is 4.56. The molecular weight excluding hydrogens is 180 g/mol. The second-order valence-corrected chi connectivity index (χ2v) is 2.92. The van der Waals surface area contributed by atoms with Gasteiger partial charge in [-0.15, -0.1) is 0 Å². The fourth-order valence-corrected chi connectivity index (χ4v) is 1.28. The second-order valence-electron chi connectivity index (χ2n) is 2.92. The molecule has 0 aliphatic rings. The number of nitrogens with one attached hydrogen (secondary N) is 1. The number of aromatic amines is 1. The van der Waals surface area contributed by atoms with E-state index in [1.165, 1.54) is 7.11 Å². The van der Waals surface area contributed by atoms with E-state index in [1.807, 2.05) is 0 Å². The van der Waals surface area contributed by atoms with E-state index in [2.05, 4.69) is 15.8 Å². The Hall–Kier alpha value is -1.97. The highest BCUT2D eigenvalue weighted by Gasteiger charge is 2.09. The lowest BCUT2D eigenvalue weighted by atomic mass is 10.2. The Morgan fingerprint density at radius 1 is 1.57 bits per heavy atom. The number of nitrogens with two attached hydrogens (primary N) is 1. The smallest absolute Gasteiger partial charge is 0.355 e. The van der Waals surface area contributed by atoms with Gasteiger partial charge >= 0.3 is 5.97 Å². The molecule has 1 radical (unpaired) electrons. The summed E-state index contributed by atoms with van der Waals surface area (Å²) in [5.41, 5.74) is 7.37. The van der Waals surface area contributed by atoms with Crippen LogP contribution in [0.15, 0.2) is 18.2 Å². The molecule has 0 unspecified atom stereocenters. The maximum atomic E-state index is 11.2. The van der Waals surface area contributed by atoms with Gasteiger partial charge in [0.15, 0.2) is 0 Å². The summed E-state index contributed by atoms with van der Waals surface area (Å²) >= 11 is 0. The van der Waals surface area contributed by atoms with Crippen molar-refractivity contribution in [3.05, 3.63) is 30.0 Å². The fourth-order valence-electron chi connectivity index (χ4n) is 1.28. The molecule has 3 N–H and O–H groups in total. The van der Waals surface area contributed by atoms with Crippen LogP contribution >= 0.6 is 0 Å². The zero-order valence-electron chi connectivity index (χ0n) is 7.63. The molecule has 1 aromatic heterocycles. The molecule has 2 aromatic rings. The molecule has 0 aliphatic heterocycles. The van der Waals surface area contributed by atoms with Crippen molar-refractivity contribution >= 4 is 22.6 Å². The van der Waals surface area contributed by atoms with Crippen molar-refractivity contribution in [1.29, 1.82) is 0 Å². The van der Waals surface area contributed by atoms with Crippen LogP contribution in [-0.4, -0.2) is 18.1 Å². The number of hydrogen-bond donors (Lipinski definition) is 2. The largest absolute Gasteiger partial charge is 0.464 e. The lowest BCUT2D eigenvalue weighted by Crippen LogP contribution is -2.00. The van der Waals surface area contributed by atoms with Gasteiger partial charge in [0, 0.05) is 22.7 Å². The number of nitrogen functional groups attached to an aromatic ring is 1. The molecule has 0 saturated heterocycles. The molecule has 0 atom stereocenters. The van der Waals surface area contributed by atoms with Crippen molar-refractivity contribution in [3.8, 4) is 0 Å². The topological polar surface area (TPSA) is 68.1 Å². The first kappa shape index (κ1) is 8.62. The van der Waals surface area contributed by atoms with Gasteiger partial charge < -0.3 is 15.5 Å². The van der Waals surface area contributed by atoms with E-state index in [-0.39, 0.29) is 0 Å². The summed E-state index contributed by atoms with van der Waals surface area (Å²) in [6.45, 7) is 0. The number of esters is 1. The monoisotopic (exact) mass is 189 g/mol. The number of aromatic nitrogens is 1. The van der Waals surface area contributed by atoms with Crippen LogP contribution in [0.4, 0.5) is 5.69 Å². The minimum atomic E-state index is -0.431. The van der Waals surface area contributed by atoms with Gasteiger partial charge in [0.25, 0.3) is 0 Å². The molecule has 0 saturated carbocycles. The highest BCUT2D eigenvalue weighted by molar-refractivity contribution is 5.94. The number of carbonyl (C=O) groups is 1. The first-order valence-corrected chi connectivity index (χ1v) is 4.09. The van der Waals surface area contributed by atoms with Crippen molar-refractivity contribution in [3.63, 3.8) is 0 Å². The molecule has 0 fully saturated rings. The number of H-pyrrole nitrogens is 1. The molecule has 1 heterocycles. The van der Waals surface area contributed by atoms with Crippen LogP contribution < -0.4 is 5.73 Å². The van der Waals surface area contributed by atoms with Gasteiger partial charge in [0.1, 0.15) is 5.69 Å². The molecule has 0 spiro atoms. The van der Waals surface area contributed by atoms with Crippen LogP contribution in [0.1, 0.15) is 10.5 Å². The first-order valence-electron chi connectivity index (χ1n) is 4.09. The average molecular weight is 189 g/mol. The Bertz CT molecular complexity index is 488. The molecule has 1 aromatic carbocycles. The van der Waals surface area contributed by atoms with Crippen molar-refractivity contribution < 1.29 is 9.53 Å². The predicted molar refractivity (Wildman–Crippen MR) is 52.9 cm³/mol. The van der Waals surface area contributed by atoms with Gasteiger partial charge in [-0.25, -0.2) is 4.79 Å². The van der Waals surface area contributed by atoms with Crippen molar-refractivity contribution in [1.82, 2.24) is 4.98 Å². The van der Waals surface area contributed by atoms with E-state index < -0.39 is 5.97 Å². The summed E-state index contributed by atoms with van der Waals surface area (Å²) in [6.07, 6.45) is 0. The van der Waals surface area contributed by atoms with Crippen molar-refractivity contribution in [2.45, 2.75) is 0 Å². The summed E-state index contributed by atoms with van der Waals surface area (Å²) in [6, 6.07) is 8.18. The number of fused-ring (bicyclic) bond motifs is 1. The normalized spacial score (nSPS) is 10.4. The zero-order chi connectivity index (χ0) is 10.1. The average Bonchev–Trinajstić information content (AvgIpc) is 2.59. The third-order valence-corrected chi connectivity index (χ3v) is 1.95. The molecular formula is C10H9N2O2. The molecule has 0 bridgehead atoms. The maximum Gasteiger partial charge on any atom is 0.355 e. The Morgan fingerprint density at radius 2 is 2.36 bits per heavy atom. The van der Waals surface area contributed by atoms with Gasteiger partial charge in [0.05, 0.1) is 7.11 Å². The van der Waals surface area contributed by atoms with Crippen LogP contribution in [-0.2, 0) is 4.74 Å². The summed E-state index contributed by atoms with van der Waals surface area (Å²) in [7, 11) is 1.33. The number of methoxy groups -OCH3 is 1. The number of ether oxygens (including phenoxy) is 1. The van der Waals surface area contributed by atoms with E-state index in [1.54, 1.807) is 18.2 Å². The number of anilines is 1. The summed E-state index contributed by atoms with van der Waals surface area (Å²) in [5, 5.41) is 0.783. The molecule has 0 amide bonds. The first-order chi connectivity index (χ1) is 6.70. The van der Waals surface area contributed by atoms with Crippen LogP contribution in [0.2, 0.25) is 0 Å². The number of benzene rings is 1. The summed E-state index contributed by atoms with van der Waals surface area (Å²) in [5.74, 6) is -0.431. The standard InChI is InChI=1S/C10H9N2O2/c1-14-10(13)9-5-6-4-7(11)2-3-8(6)12-9/h2-4,12H,11H2,1H3. The SMILES string of the molecule is COC(=O)c1[c]c2cc(N)ccc2[nH]1. The molecule has 4 nitrogen and oxygen atoms in total. The lowest BCUT2D eigenvalue weighted by Gasteiger charge is -1.92. The Morgan fingerprint density at radius 3 is 3.07 bits per heavy atom. The molecule has 71 valence electrons. The number of hydrogen-bond acceptors (Lipinski definition) is 3. The van der Waals surface area contributed by atoms with Crippen molar-refractivity contribution in [2.75, 3.05) is 12.8 Å². The Labute approximate surface area is 80.7 Å². The van der Waals surface area contributed by atoms with Crippen LogP contribution in [0.3, 0.4) is 0 Å². The highest BCUT2D eigenvalue weighted by atomic mass is 16.5. The number of carbonyl (C=O) groups excluding carboxylic acids is 1. The third kappa shape index (κ3) is 1.31. The van der Waals surface area contributed by atoms with Gasteiger partial charge in [0.2, 0.25) is 0 Å². The van der Waals surface area contributed by atoms with Gasteiger partial charge in [-0.3, -0.25) is 0 Å². The molecule has 14 heavy (non-hydrogen) atoms. The van der Waals surface area contributed by atoms with Gasteiger partial charge in [-0.1, -0.05) is 0 Å². The van der Waals surface area contributed by atoms with Crippen LogP contribution in [0, 0.1) is 6.07 Å². The van der Waals surface area contributed by atoms with Gasteiger partial charge in [-0.2, -0.15) is 0 Å². The van der Waals surface area contributed by atoms with Crippen LogP contribution in [0.5, 0.6) is 0 Å². The lowest BCUT2D eigenvalue weighted by molar-refractivity contribution is 0.0595. The number of rotatable bonds is 1. The van der Waals surface area contributed by atoms with Crippen LogP contribution in [0.25, 0.3) is 10.9 Å². The predicted octanol–water partition coefficient (Wildman–Crippen LogP) is 1.34. The quantitative estimate of drug-likeness (QED) is 0.525.